The highest BCUT2D eigenvalue weighted by molar-refractivity contribution is 5.95. The molecule has 188 valence electrons. The summed E-state index contributed by atoms with van der Waals surface area (Å²) in [6.45, 7) is 13.7. The normalized spacial score (nSPS) is 17.9. The van der Waals surface area contributed by atoms with Gasteiger partial charge in [-0.15, -0.1) is 0 Å². The lowest BCUT2D eigenvalue weighted by Crippen LogP contribution is -2.47. The van der Waals surface area contributed by atoms with E-state index in [0.717, 1.165) is 64.3 Å². The maximum Gasteiger partial charge on any atom is 0.410 e. The van der Waals surface area contributed by atoms with Gasteiger partial charge in [-0.1, -0.05) is 0 Å². The molecule has 0 spiro atoms. The van der Waals surface area contributed by atoms with Gasteiger partial charge in [-0.05, 0) is 76.8 Å². The van der Waals surface area contributed by atoms with Gasteiger partial charge in [0.1, 0.15) is 5.60 Å². The van der Waals surface area contributed by atoms with Gasteiger partial charge in [0.25, 0.3) is 5.91 Å². The molecule has 1 aromatic rings. The number of carbonyl (C=O) groups excluding carboxylic acids is 3. The number of ether oxygens (including phenoxy) is 1. The number of piperidine rings is 1. The van der Waals surface area contributed by atoms with E-state index in [2.05, 4.69) is 20.7 Å². The van der Waals surface area contributed by atoms with Crippen LogP contribution < -0.4 is 15.8 Å². The number of likely N-dealkylation sites (tertiary alicyclic amines) is 1. The quantitative estimate of drug-likeness (QED) is 0.639. The SMILES string of the molecule is CC(=O)NNC(=O)c1ccc(N2CCN(CCC3CCN(C(=O)OC(C)(C)C)CC3)CC2)cc1. The number of hydrazine groups is 1. The van der Waals surface area contributed by atoms with Crippen LogP contribution >= 0.6 is 0 Å². The molecule has 0 aromatic heterocycles. The molecule has 0 bridgehead atoms. The van der Waals surface area contributed by atoms with Gasteiger partial charge in [0.05, 0.1) is 0 Å². The molecule has 0 radical (unpaired) electrons. The van der Waals surface area contributed by atoms with Crippen LogP contribution in [0.5, 0.6) is 0 Å². The second-order valence-corrected chi connectivity index (χ2v) is 10.2. The van der Waals surface area contributed by atoms with Crippen LogP contribution in [0.25, 0.3) is 0 Å². The standard InChI is InChI=1S/C25H39N5O4/c1-19(31)26-27-23(32)21-5-7-22(8-6-21)29-17-15-28(16-18-29)12-9-20-10-13-30(14-11-20)24(33)34-25(2,3)4/h5-8,20H,9-18H2,1-4H3,(H,26,31)(H,27,32). The van der Waals surface area contributed by atoms with Crippen molar-refractivity contribution in [3.63, 3.8) is 0 Å². The monoisotopic (exact) mass is 473 g/mol. The largest absolute Gasteiger partial charge is 0.444 e. The Balaban J connectivity index is 1.35. The number of rotatable bonds is 5. The molecule has 3 amide bonds. The molecule has 3 rings (SSSR count). The number of hydrogen-bond donors (Lipinski definition) is 2. The Kier molecular flexibility index (Phi) is 8.77. The summed E-state index contributed by atoms with van der Waals surface area (Å²) in [7, 11) is 0. The van der Waals surface area contributed by atoms with Crippen molar-refractivity contribution in [3.05, 3.63) is 29.8 Å². The van der Waals surface area contributed by atoms with Crippen LogP contribution in [0.2, 0.25) is 0 Å². The summed E-state index contributed by atoms with van der Waals surface area (Å²) < 4.78 is 5.49. The molecule has 0 unspecified atom stereocenters. The molecule has 9 nitrogen and oxygen atoms in total. The van der Waals surface area contributed by atoms with Crippen LogP contribution in [0.15, 0.2) is 24.3 Å². The van der Waals surface area contributed by atoms with Crippen LogP contribution in [0, 0.1) is 5.92 Å². The number of nitrogens with zero attached hydrogens (tertiary/aromatic N) is 3. The fraction of sp³-hybridized carbons (Fsp3) is 0.640. The lowest BCUT2D eigenvalue weighted by molar-refractivity contribution is -0.119. The number of carbonyl (C=O) groups is 3. The summed E-state index contributed by atoms with van der Waals surface area (Å²) in [6, 6.07) is 7.47. The van der Waals surface area contributed by atoms with Gasteiger partial charge < -0.3 is 14.5 Å². The zero-order valence-corrected chi connectivity index (χ0v) is 20.9. The first-order chi connectivity index (χ1) is 16.1. The Bertz CT molecular complexity index is 836. The second-order valence-electron chi connectivity index (χ2n) is 10.2. The van der Waals surface area contributed by atoms with E-state index >= 15 is 0 Å². The molecule has 0 saturated carbocycles. The highest BCUT2D eigenvalue weighted by Crippen LogP contribution is 2.23. The van der Waals surface area contributed by atoms with Gasteiger partial charge in [-0.3, -0.25) is 25.3 Å². The number of amides is 3. The molecule has 2 aliphatic rings. The Morgan fingerprint density at radius 1 is 0.941 bits per heavy atom. The van der Waals surface area contributed by atoms with Crippen molar-refractivity contribution in [1.82, 2.24) is 20.7 Å². The van der Waals surface area contributed by atoms with Gasteiger partial charge in [-0.2, -0.15) is 0 Å². The lowest BCUT2D eigenvalue weighted by atomic mass is 9.93. The molecule has 2 fully saturated rings. The van der Waals surface area contributed by atoms with E-state index in [0.29, 0.717) is 11.5 Å². The van der Waals surface area contributed by atoms with E-state index in [4.69, 9.17) is 4.74 Å². The average molecular weight is 474 g/mol. The molecule has 1 aromatic carbocycles. The zero-order chi connectivity index (χ0) is 24.7. The number of anilines is 1. The molecule has 34 heavy (non-hydrogen) atoms. The van der Waals surface area contributed by atoms with E-state index in [1.165, 1.54) is 13.3 Å². The molecular weight excluding hydrogens is 434 g/mol. The number of benzene rings is 1. The van der Waals surface area contributed by atoms with Crippen LogP contribution in [0.3, 0.4) is 0 Å². The van der Waals surface area contributed by atoms with Gasteiger partial charge in [-0.25, -0.2) is 4.79 Å². The van der Waals surface area contributed by atoms with E-state index < -0.39 is 5.60 Å². The molecule has 0 aliphatic carbocycles. The Hall–Kier alpha value is -2.81. The van der Waals surface area contributed by atoms with Crippen molar-refractivity contribution in [1.29, 1.82) is 0 Å². The minimum absolute atomic E-state index is 0.191. The summed E-state index contributed by atoms with van der Waals surface area (Å²) in [5, 5.41) is 0. The van der Waals surface area contributed by atoms with Crippen molar-refractivity contribution in [2.75, 3.05) is 50.7 Å². The Labute approximate surface area is 202 Å². The second kappa shape index (κ2) is 11.6. The molecule has 2 heterocycles. The third-order valence-electron chi connectivity index (χ3n) is 6.34. The van der Waals surface area contributed by atoms with E-state index in [1.54, 1.807) is 12.1 Å². The number of nitrogens with one attached hydrogen (secondary N) is 2. The number of piperazine rings is 1. The minimum atomic E-state index is -0.444. The minimum Gasteiger partial charge on any atom is -0.444 e. The van der Waals surface area contributed by atoms with Crippen molar-refractivity contribution in [2.45, 2.75) is 52.6 Å². The Morgan fingerprint density at radius 3 is 2.12 bits per heavy atom. The molecule has 2 aliphatic heterocycles. The van der Waals surface area contributed by atoms with Crippen molar-refractivity contribution in [2.24, 2.45) is 5.92 Å². The van der Waals surface area contributed by atoms with Gasteiger partial charge >= 0.3 is 6.09 Å². The zero-order valence-electron chi connectivity index (χ0n) is 20.9. The maximum atomic E-state index is 12.2. The Morgan fingerprint density at radius 2 is 1.56 bits per heavy atom. The third kappa shape index (κ3) is 7.90. The van der Waals surface area contributed by atoms with Gasteiger partial charge in [0.15, 0.2) is 0 Å². The topological polar surface area (TPSA) is 94.2 Å². The van der Waals surface area contributed by atoms with Crippen molar-refractivity contribution < 1.29 is 19.1 Å². The summed E-state index contributed by atoms with van der Waals surface area (Å²) in [5.41, 5.74) is 5.84. The maximum absolute atomic E-state index is 12.2. The van der Waals surface area contributed by atoms with Crippen LogP contribution in [-0.4, -0.2) is 79.1 Å². The van der Waals surface area contributed by atoms with E-state index in [9.17, 15) is 14.4 Å². The van der Waals surface area contributed by atoms with Crippen molar-refractivity contribution >= 4 is 23.6 Å². The molecular formula is C25H39N5O4. The summed E-state index contributed by atoms with van der Waals surface area (Å²) >= 11 is 0. The molecule has 9 heteroatoms. The lowest BCUT2D eigenvalue weighted by Gasteiger charge is -2.38. The van der Waals surface area contributed by atoms with Crippen LogP contribution in [-0.2, 0) is 9.53 Å². The van der Waals surface area contributed by atoms with Gasteiger partial charge in [0, 0.05) is 57.4 Å². The smallest absolute Gasteiger partial charge is 0.410 e. The van der Waals surface area contributed by atoms with E-state index in [1.807, 2.05) is 37.8 Å². The number of hydrogen-bond acceptors (Lipinski definition) is 6. The average Bonchev–Trinajstić information content (AvgIpc) is 2.81. The summed E-state index contributed by atoms with van der Waals surface area (Å²) in [6.07, 6.45) is 3.06. The predicted molar refractivity (Wildman–Crippen MR) is 132 cm³/mol. The predicted octanol–water partition coefficient (Wildman–Crippen LogP) is 2.63. The van der Waals surface area contributed by atoms with Crippen LogP contribution in [0.4, 0.5) is 10.5 Å². The fourth-order valence-electron chi connectivity index (χ4n) is 4.37. The van der Waals surface area contributed by atoms with E-state index in [-0.39, 0.29) is 17.9 Å². The van der Waals surface area contributed by atoms with Crippen molar-refractivity contribution in [3.8, 4) is 0 Å². The first-order valence-electron chi connectivity index (χ1n) is 12.2. The first kappa shape index (κ1) is 25.8. The highest BCUT2D eigenvalue weighted by atomic mass is 16.6. The molecule has 2 N–H and O–H groups in total. The molecule has 0 atom stereocenters. The molecule has 2 saturated heterocycles. The summed E-state index contributed by atoms with van der Waals surface area (Å²) in [5.74, 6) is 0.0190. The first-order valence-corrected chi connectivity index (χ1v) is 12.2. The fourth-order valence-corrected chi connectivity index (χ4v) is 4.37. The van der Waals surface area contributed by atoms with Gasteiger partial charge in [0.2, 0.25) is 5.91 Å². The van der Waals surface area contributed by atoms with Crippen LogP contribution in [0.1, 0.15) is 57.3 Å². The summed E-state index contributed by atoms with van der Waals surface area (Å²) in [4.78, 5) is 41.9. The highest BCUT2D eigenvalue weighted by Gasteiger charge is 2.27. The third-order valence-corrected chi connectivity index (χ3v) is 6.34.